The molecule has 2 aromatic rings. The summed E-state index contributed by atoms with van der Waals surface area (Å²) in [6.45, 7) is 7.07. The predicted octanol–water partition coefficient (Wildman–Crippen LogP) is 4.49. The summed E-state index contributed by atoms with van der Waals surface area (Å²) in [5.74, 6) is 1.37. The number of rotatable bonds is 6. The number of nitrogens with zero attached hydrogens (tertiary/aromatic N) is 2. The van der Waals surface area contributed by atoms with Gasteiger partial charge in [-0.05, 0) is 42.9 Å². The van der Waals surface area contributed by atoms with Gasteiger partial charge in [0.25, 0.3) is 5.56 Å². The number of benzene rings is 1. The maximum absolute atomic E-state index is 12.9. The van der Waals surface area contributed by atoms with E-state index in [1.165, 1.54) is 18.2 Å². The number of hydrogen-bond donors (Lipinski definition) is 1. The highest BCUT2D eigenvalue weighted by molar-refractivity contribution is 7.99. The molecule has 0 spiro atoms. The Kier molecular flexibility index (Phi) is 7.05. The molecule has 1 fully saturated rings. The molecule has 1 N–H and O–H groups in total. The van der Waals surface area contributed by atoms with Crippen molar-refractivity contribution >= 4 is 40.2 Å². The molecule has 1 aromatic heterocycles. The molecule has 152 valence electrons. The third-order valence-electron chi connectivity index (χ3n) is 5.72. The van der Waals surface area contributed by atoms with E-state index in [2.05, 4.69) is 24.1 Å². The van der Waals surface area contributed by atoms with Crippen LogP contribution in [0.25, 0.3) is 10.9 Å². The average Bonchev–Trinajstić information content (AvgIpc) is 2.66. The minimum absolute atomic E-state index is 0.000520. The number of amides is 1. The van der Waals surface area contributed by atoms with Crippen LogP contribution in [0.2, 0.25) is 5.02 Å². The van der Waals surface area contributed by atoms with E-state index >= 15 is 0 Å². The van der Waals surface area contributed by atoms with Crippen LogP contribution in [0.4, 0.5) is 0 Å². The molecule has 5 nitrogen and oxygen atoms in total. The van der Waals surface area contributed by atoms with Crippen LogP contribution in [0.1, 0.15) is 46.5 Å². The molecule has 1 amide bonds. The summed E-state index contributed by atoms with van der Waals surface area (Å²) in [4.78, 5) is 30.0. The second-order valence-electron chi connectivity index (χ2n) is 7.74. The summed E-state index contributed by atoms with van der Waals surface area (Å²) in [6, 6.07) is 5.35. The first kappa shape index (κ1) is 21.2. The summed E-state index contributed by atoms with van der Waals surface area (Å²) in [6.07, 6.45) is 4.24. The van der Waals surface area contributed by atoms with Crippen LogP contribution in [0.3, 0.4) is 0 Å². The van der Waals surface area contributed by atoms with Gasteiger partial charge in [0, 0.05) is 17.6 Å². The molecule has 0 unspecified atom stereocenters. The average molecular weight is 422 g/mol. The SMILES string of the molecule is CCCn1c(SCC(=O)N[C@@H]2CCC[C@H](C)[C@@H]2C)nc2cc(Cl)ccc2c1=O. The van der Waals surface area contributed by atoms with Crippen molar-refractivity contribution in [3.8, 4) is 0 Å². The quantitative estimate of drug-likeness (QED) is 0.551. The highest BCUT2D eigenvalue weighted by Gasteiger charge is 2.28. The summed E-state index contributed by atoms with van der Waals surface area (Å²) in [5, 5.41) is 4.85. The van der Waals surface area contributed by atoms with Crippen molar-refractivity contribution in [2.75, 3.05) is 5.75 Å². The number of thioether (sulfide) groups is 1. The first-order chi connectivity index (χ1) is 13.4. The van der Waals surface area contributed by atoms with Gasteiger partial charge >= 0.3 is 0 Å². The molecule has 0 bridgehead atoms. The Morgan fingerprint density at radius 2 is 2.14 bits per heavy atom. The van der Waals surface area contributed by atoms with Crippen molar-refractivity contribution in [2.24, 2.45) is 11.8 Å². The Morgan fingerprint density at radius 1 is 1.36 bits per heavy atom. The van der Waals surface area contributed by atoms with Gasteiger partial charge in [0.15, 0.2) is 5.16 Å². The fourth-order valence-electron chi connectivity index (χ4n) is 3.87. The Labute approximate surface area is 175 Å². The summed E-state index contributed by atoms with van der Waals surface area (Å²) in [7, 11) is 0. The van der Waals surface area contributed by atoms with Gasteiger partial charge in [-0.25, -0.2) is 4.98 Å². The van der Waals surface area contributed by atoms with Crippen molar-refractivity contribution < 1.29 is 4.79 Å². The zero-order valence-corrected chi connectivity index (χ0v) is 18.3. The van der Waals surface area contributed by atoms with E-state index in [9.17, 15) is 9.59 Å². The first-order valence-corrected chi connectivity index (χ1v) is 11.4. The Hall–Kier alpha value is -1.53. The Morgan fingerprint density at radius 3 is 2.89 bits per heavy atom. The smallest absolute Gasteiger partial charge is 0.262 e. The van der Waals surface area contributed by atoms with E-state index in [-0.39, 0.29) is 23.3 Å². The van der Waals surface area contributed by atoms with Crippen LogP contribution in [0.5, 0.6) is 0 Å². The molecular weight excluding hydrogens is 394 g/mol. The zero-order chi connectivity index (χ0) is 20.3. The van der Waals surface area contributed by atoms with E-state index in [4.69, 9.17) is 11.6 Å². The van der Waals surface area contributed by atoms with E-state index in [1.54, 1.807) is 22.8 Å². The van der Waals surface area contributed by atoms with Crippen molar-refractivity contribution in [2.45, 2.75) is 64.2 Å². The zero-order valence-electron chi connectivity index (χ0n) is 16.7. The highest BCUT2D eigenvalue weighted by Crippen LogP contribution is 2.29. The van der Waals surface area contributed by atoms with Gasteiger partial charge in [-0.15, -0.1) is 0 Å². The molecule has 0 aliphatic heterocycles. The number of halogens is 1. The van der Waals surface area contributed by atoms with Gasteiger partial charge in [-0.1, -0.05) is 57.0 Å². The molecule has 0 radical (unpaired) electrons. The fraction of sp³-hybridized carbons (Fsp3) is 0.571. The molecule has 1 heterocycles. The number of carbonyl (C=O) groups is 1. The molecule has 28 heavy (non-hydrogen) atoms. The van der Waals surface area contributed by atoms with Crippen molar-refractivity contribution in [3.63, 3.8) is 0 Å². The standard InChI is InChI=1S/C21H28ClN3O2S/c1-4-10-25-20(27)16-9-8-15(22)11-18(16)24-21(25)28-12-19(26)23-17-7-5-6-13(2)14(17)3/h8-9,11,13-14,17H,4-7,10,12H2,1-3H3,(H,23,26)/t13-,14-,17+/m0/s1. The maximum atomic E-state index is 12.9. The van der Waals surface area contributed by atoms with Gasteiger partial charge in [-0.2, -0.15) is 0 Å². The lowest BCUT2D eigenvalue weighted by molar-refractivity contribution is -0.120. The molecule has 1 saturated carbocycles. The third kappa shape index (κ3) is 4.71. The highest BCUT2D eigenvalue weighted by atomic mass is 35.5. The number of carbonyl (C=O) groups excluding carboxylic acids is 1. The predicted molar refractivity (Wildman–Crippen MR) is 116 cm³/mol. The number of hydrogen-bond acceptors (Lipinski definition) is 4. The van der Waals surface area contributed by atoms with Gasteiger partial charge in [0.1, 0.15) is 0 Å². The lowest BCUT2D eigenvalue weighted by atomic mass is 9.78. The first-order valence-electron chi connectivity index (χ1n) is 10.0. The Bertz CT molecular complexity index is 914. The molecule has 3 rings (SSSR count). The van der Waals surface area contributed by atoms with Crippen LogP contribution in [-0.4, -0.2) is 27.3 Å². The maximum Gasteiger partial charge on any atom is 0.262 e. The second kappa shape index (κ2) is 9.31. The third-order valence-corrected chi connectivity index (χ3v) is 6.93. The lowest BCUT2D eigenvalue weighted by Crippen LogP contribution is -2.44. The van der Waals surface area contributed by atoms with Gasteiger partial charge < -0.3 is 5.32 Å². The second-order valence-corrected chi connectivity index (χ2v) is 9.12. The normalized spacial score (nSPS) is 22.4. The number of fused-ring (bicyclic) bond motifs is 1. The van der Waals surface area contributed by atoms with E-state index in [1.807, 2.05) is 6.92 Å². The van der Waals surface area contributed by atoms with Crippen LogP contribution in [0, 0.1) is 11.8 Å². The topological polar surface area (TPSA) is 64.0 Å². The minimum atomic E-state index is -0.0823. The molecule has 1 aliphatic carbocycles. The van der Waals surface area contributed by atoms with E-state index in [0.717, 1.165) is 19.3 Å². The van der Waals surface area contributed by atoms with Crippen LogP contribution in [0.15, 0.2) is 28.2 Å². The lowest BCUT2D eigenvalue weighted by Gasteiger charge is -2.34. The number of aromatic nitrogens is 2. The Balaban J connectivity index is 1.76. The molecule has 1 aromatic carbocycles. The molecular formula is C21H28ClN3O2S. The summed E-state index contributed by atoms with van der Waals surface area (Å²) >= 11 is 7.38. The molecule has 1 aliphatic rings. The molecule has 0 saturated heterocycles. The van der Waals surface area contributed by atoms with Gasteiger partial charge in [-0.3, -0.25) is 14.2 Å². The molecule has 3 atom stereocenters. The summed E-state index contributed by atoms with van der Waals surface area (Å²) < 4.78 is 1.67. The van der Waals surface area contributed by atoms with Gasteiger partial charge in [0.2, 0.25) is 5.91 Å². The van der Waals surface area contributed by atoms with Crippen LogP contribution < -0.4 is 10.9 Å². The van der Waals surface area contributed by atoms with Crippen molar-refractivity contribution in [3.05, 3.63) is 33.6 Å². The summed E-state index contributed by atoms with van der Waals surface area (Å²) in [5.41, 5.74) is 0.489. The van der Waals surface area contributed by atoms with Crippen LogP contribution in [-0.2, 0) is 11.3 Å². The van der Waals surface area contributed by atoms with E-state index in [0.29, 0.717) is 39.5 Å². The van der Waals surface area contributed by atoms with Crippen molar-refractivity contribution in [1.29, 1.82) is 0 Å². The monoisotopic (exact) mass is 421 g/mol. The van der Waals surface area contributed by atoms with Gasteiger partial charge in [0.05, 0.1) is 16.7 Å². The minimum Gasteiger partial charge on any atom is -0.352 e. The van der Waals surface area contributed by atoms with E-state index < -0.39 is 0 Å². The van der Waals surface area contributed by atoms with Crippen molar-refractivity contribution in [1.82, 2.24) is 14.9 Å². The molecule has 7 heteroatoms. The fourth-order valence-corrected chi connectivity index (χ4v) is 4.87. The largest absolute Gasteiger partial charge is 0.352 e. The van der Waals surface area contributed by atoms with Crippen LogP contribution >= 0.6 is 23.4 Å². The number of nitrogens with one attached hydrogen (secondary N) is 1.